The van der Waals surface area contributed by atoms with Crippen molar-refractivity contribution in [3.63, 3.8) is 0 Å². The number of amides is 2. The van der Waals surface area contributed by atoms with Gasteiger partial charge in [0.2, 0.25) is 0 Å². The van der Waals surface area contributed by atoms with Crippen molar-refractivity contribution in [2.24, 2.45) is 5.73 Å². The van der Waals surface area contributed by atoms with E-state index >= 15 is 0 Å². The third-order valence-electron chi connectivity index (χ3n) is 2.51. The molecule has 1 rings (SSSR count). The van der Waals surface area contributed by atoms with E-state index in [-0.39, 0.29) is 12.1 Å². The number of nitrogens with one attached hydrogen (secondary N) is 2. The highest BCUT2D eigenvalue weighted by atomic mass is 32.2. The Morgan fingerprint density at radius 1 is 1.39 bits per heavy atom. The topological polar surface area (TPSA) is 67.2 Å². The Morgan fingerprint density at radius 2 is 2.06 bits per heavy atom. The van der Waals surface area contributed by atoms with Crippen LogP contribution in [-0.4, -0.2) is 24.6 Å². The minimum Gasteiger partial charge on any atom is -0.338 e. The number of hydrogen-bond donors (Lipinski definition) is 3. The van der Waals surface area contributed by atoms with E-state index in [0.717, 1.165) is 23.4 Å². The van der Waals surface area contributed by atoms with E-state index in [2.05, 4.69) is 16.9 Å². The first kappa shape index (κ1) is 14.9. The average molecular weight is 267 g/mol. The van der Waals surface area contributed by atoms with Gasteiger partial charge in [0, 0.05) is 18.3 Å². The maximum absolute atomic E-state index is 11.5. The monoisotopic (exact) mass is 267 g/mol. The lowest BCUT2D eigenvalue weighted by atomic mass is 10.1. The van der Waals surface area contributed by atoms with Gasteiger partial charge in [-0.15, -0.1) is 0 Å². The number of thioether (sulfide) groups is 1. The molecule has 0 radical (unpaired) electrons. The lowest BCUT2D eigenvalue weighted by molar-refractivity contribution is 0.252. The zero-order valence-corrected chi connectivity index (χ0v) is 11.7. The summed E-state index contributed by atoms with van der Waals surface area (Å²) in [6, 6.07) is 7.42. The molecular weight excluding hydrogens is 246 g/mol. The molecule has 100 valence electrons. The number of anilines is 1. The van der Waals surface area contributed by atoms with Crippen LogP contribution in [0, 0.1) is 0 Å². The minimum atomic E-state index is -0.162. The molecule has 0 saturated carbocycles. The summed E-state index contributed by atoms with van der Waals surface area (Å²) in [5, 5.41) is 5.60. The first-order chi connectivity index (χ1) is 8.63. The summed E-state index contributed by atoms with van der Waals surface area (Å²) in [6.45, 7) is 2.63. The molecule has 1 atom stereocenters. The van der Waals surface area contributed by atoms with Crippen molar-refractivity contribution in [1.29, 1.82) is 0 Å². The van der Waals surface area contributed by atoms with Crippen molar-refractivity contribution >= 4 is 23.5 Å². The van der Waals surface area contributed by atoms with Crippen LogP contribution in [0.3, 0.4) is 0 Å². The number of carbonyl (C=O) groups is 1. The van der Waals surface area contributed by atoms with Crippen molar-refractivity contribution < 1.29 is 4.79 Å². The third kappa shape index (κ3) is 5.42. The smallest absolute Gasteiger partial charge is 0.319 e. The molecule has 0 fully saturated rings. The Balaban J connectivity index is 2.35. The molecule has 0 aliphatic heterocycles. The molecule has 4 N–H and O–H groups in total. The Labute approximate surface area is 113 Å². The molecule has 0 saturated heterocycles. The van der Waals surface area contributed by atoms with Gasteiger partial charge in [-0.25, -0.2) is 4.79 Å². The van der Waals surface area contributed by atoms with Crippen LogP contribution in [0.5, 0.6) is 0 Å². The Hall–Kier alpha value is -1.20. The van der Waals surface area contributed by atoms with Crippen LogP contribution in [-0.2, 0) is 0 Å². The average Bonchev–Trinajstić information content (AvgIpc) is 2.35. The summed E-state index contributed by atoms with van der Waals surface area (Å²) >= 11 is 1.78. The molecule has 1 aromatic rings. The number of carbonyl (C=O) groups excluding carboxylic acids is 1. The first-order valence-corrected chi connectivity index (χ1v) is 7.42. The maximum atomic E-state index is 11.5. The number of nitrogens with two attached hydrogens (primary N) is 1. The van der Waals surface area contributed by atoms with E-state index in [4.69, 9.17) is 5.73 Å². The first-order valence-electron chi connectivity index (χ1n) is 6.03. The molecule has 5 heteroatoms. The zero-order valence-electron chi connectivity index (χ0n) is 10.9. The number of urea groups is 1. The maximum Gasteiger partial charge on any atom is 0.319 e. The second kappa shape index (κ2) is 8.00. The van der Waals surface area contributed by atoms with Crippen LogP contribution in [0.1, 0.15) is 24.9 Å². The summed E-state index contributed by atoms with van der Waals surface area (Å²) in [5.41, 5.74) is 7.59. The Bertz CT molecular complexity index is 365. The van der Waals surface area contributed by atoms with Gasteiger partial charge >= 0.3 is 6.03 Å². The summed E-state index contributed by atoms with van der Waals surface area (Å²) in [7, 11) is 0. The summed E-state index contributed by atoms with van der Waals surface area (Å²) in [6.07, 6.45) is 3.04. The van der Waals surface area contributed by atoms with Gasteiger partial charge < -0.3 is 16.4 Å². The van der Waals surface area contributed by atoms with Gasteiger partial charge in [0.05, 0.1) is 0 Å². The molecule has 4 nitrogen and oxygen atoms in total. The van der Waals surface area contributed by atoms with Gasteiger partial charge in [-0.05, 0) is 43.0 Å². The highest BCUT2D eigenvalue weighted by Crippen LogP contribution is 2.13. The van der Waals surface area contributed by atoms with Gasteiger partial charge in [0.1, 0.15) is 0 Å². The fourth-order valence-corrected chi connectivity index (χ4v) is 1.90. The predicted octanol–water partition coefficient (Wildman–Crippen LogP) is 2.58. The van der Waals surface area contributed by atoms with Crippen molar-refractivity contribution in [3.05, 3.63) is 29.8 Å². The molecule has 18 heavy (non-hydrogen) atoms. The van der Waals surface area contributed by atoms with E-state index in [1.165, 1.54) is 0 Å². The summed E-state index contributed by atoms with van der Waals surface area (Å²) < 4.78 is 0. The fourth-order valence-electron chi connectivity index (χ4n) is 1.46. The van der Waals surface area contributed by atoms with Gasteiger partial charge in [-0.1, -0.05) is 12.1 Å². The van der Waals surface area contributed by atoms with Crippen LogP contribution in [0.15, 0.2) is 24.3 Å². The van der Waals surface area contributed by atoms with Crippen LogP contribution in [0.2, 0.25) is 0 Å². The van der Waals surface area contributed by atoms with Gasteiger partial charge in [0.25, 0.3) is 0 Å². The molecule has 2 amide bonds. The van der Waals surface area contributed by atoms with E-state index in [9.17, 15) is 4.79 Å². The molecule has 0 heterocycles. The standard InChI is InChI=1S/C13H21N3OS/c1-10(14)11-4-6-12(7-5-11)16-13(17)15-8-3-9-18-2/h4-7,10H,3,8-9,14H2,1-2H3,(H2,15,16,17). The zero-order chi connectivity index (χ0) is 13.4. The van der Waals surface area contributed by atoms with Gasteiger partial charge in [0.15, 0.2) is 0 Å². The molecule has 0 aromatic heterocycles. The van der Waals surface area contributed by atoms with Crippen LogP contribution in [0.25, 0.3) is 0 Å². The third-order valence-corrected chi connectivity index (χ3v) is 3.20. The molecular formula is C13H21N3OS. The largest absolute Gasteiger partial charge is 0.338 e. The van der Waals surface area contributed by atoms with E-state index in [1.807, 2.05) is 31.2 Å². The van der Waals surface area contributed by atoms with Crippen LogP contribution in [0.4, 0.5) is 10.5 Å². The normalized spacial score (nSPS) is 11.9. The fraction of sp³-hybridized carbons (Fsp3) is 0.462. The quantitative estimate of drug-likeness (QED) is 0.694. The number of benzene rings is 1. The highest BCUT2D eigenvalue weighted by Gasteiger charge is 2.02. The van der Waals surface area contributed by atoms with Crippen LogP contribution < -0.4 is 16.4 Å². The summed E-state index contributed by atoms with van der Waals surface area (Å²) in [5.74, 6) is 1.06. The highest BCUT2D eigenvalue weighted by molar-refractivity contribution is 7.98. The van der Waals surface area contributed by atoms with Crippen molar-refractivity contribution in [2.45, 2.75) is 19.4 Å². The van der Waals surface area contributed by atoms with Crippen LogP contribution >= 0.6 is 11.8 Å². The summed E-state index contributed by atoms with van der Waals surface area (Å²) in [4.78, 5) is 11.5. The Kier molecular flexibility index (Phi) is 6.60. The number of rotatable bonds is 6. The molecule has 0 bridgehead atoms. The van der Waals surface area contributed by atoms with E-state index in [0.29, 0.717) is 6.54 Å². The van der Waals surface area contributed by atoms with Crippen molar-refractivity contribution in [1.82, 2.24) is 5.32 Å². The second-order valence-electron chi connectivity index (χ2n) is 4.14. The Morgan fingerprint density at radius 3 is 2.61 bits per heavy atom. The van der Waals surface area contributed by atoms with Gasteiger partial charge in [-0.2, -0.15) is 11.8 Å². The predicted molar refractivity (Wildman–Crippen MR) is 79.1 cm³/mol. The SMILES string of the molecule is CSCCCNC(=O)Nc1ccc(C(C)N)cc1. The molecule has 0 aliphatic rings. The molecule has 1 aromatic carbocycles. The molecule has 1 unspecified atom stereocenters. The molecule has 0 spiro atoms. The lowest BCUT2D eigenvalue weighted by Crippen LogP contribution is -2.29. The molecule has 0 aliphatic carbocycles. The van der Waals surface area contributed by atoms with Crippen molar-refractivity contribution in [2.75, 3.05) is 23.9 Å². The van der Waals surface area contributed by atoms with E-state index < -0.39 is 0 Å². The van der Waals surface area contributed by atoms with Gasteiger partial charge in [-0.3, -0.25) is 0 Å². The number of hydrogen-bond acceptors (Lipinski definition) is 3. The van der Waals surface area contributed by atoms with Crippen molar-refractivity contribution in [3.8, 4) is 0 Å². The second-order valence-corrected chi connectivity index (χ2v) is 5.12. The minimum absolute atomic E-state index is 0.0134. The van der Waals surface area contributed by atoms with E-state index in [1.54, 1.807) is 11.8 Å². The lowest BCUT2D eigenvalue weighted by Gasteiger charge is -2.09.